The lowest BCUT2D eigenvalue weighted by molar-refractivity contribution is -0.0458. The normalized spacial score (nSPS) is 28.5. The van der Waals surface area contributed by atoms with Gasteiger partial charge in [-0.2, -0.15) is 4.98 Å². The average Bonchev–Trinajstić information content (AvgIpc) is 2.65. The van der Waals surface area contributed by atoms with E-state index < -0.39 is 24.1 Å². The number of nitrogens with two attached hydrogens (primary N) is 1. The lowest BCUT2D eigenvalue weighted by Gasteiger charge is -2.14. The predicted molar refractivity (Wildman–Crippen MR) is 59.5 cm³/mol. The van der Waals surface area contributed by atoms with Gasteiger partial charge in [0.1, 0.15) is 18.1 Å². The van der Waals surface area contributed by atoms with Crippen LogP contribution in [0.3, 0.4) is 0 Å². The average molecular weight is 262 g/mol. The van der Waals surface area contributed by atoms with Crippen molar-refractivity contribution >= 4 is 17.4 Å². The molecule has 4 N–H and O–H groups in total. The van der Waals surface area contributed by atoms with Crippen molar-refractivity contribution in [3.63, 3.8) is 0 Å². The molecule has 8 heteroatoms. The minimum absolute atomic E-state index is 0.0508. The monoisotopic (exact) mass is 261 g/mol. The Labute approximate surface area is 101 Å². The summed E-state index contributed by atoms with van der Waals surface area (Å²) >= 11 is 5.76. The maximum atomic E-state index is 11.6. The summed E-state index contributed by atoms with van der Waals surface area (Å²) in [5.74, 6) is -0.0508. The van der Waals surface area contributed by atoms with E-state index in [4.69, 9.17) is 27.2 Å². The number of anilines is 1. The molecule has 1 aromatic heterocycles. The number of hydrogen-bond donors (Lipinski definition) is 3. The maximum Gasteiger partial charge on any atom is 0.351 e. The Morgan fingerprint density at radius 3 is 3.00 bits per heavy atom. The summed E-state index contributed by atoms with van der Waals surface area (Å²) < 4.78 is 6.46. The van der Waals surface area contributed by atoms with Crippen molar-refractivity contribution in [1.82, 2.24) is 9.55 Å². The molecule has 0 aliphatic carbocycles. The van der Waals surface area contributed by atoms with Gasteiger partial charge in [0, 0.05) is 12.6 Å². The standard InChI is InChI=1S/C9H12ClN3O4/c10-4-2-13(9(16)12-8(4)11)7-1-5(15)6(3-14)17-7/h2,5-7,14-15H,1,3H2,(H2,11,12,16)/t5-,6-,7-/m0/s1. The molecule has 0 spiro atoms. The molecule has 1 saturated heterocycles. The zero-order valence-electron chi connectivity index (χ0n) is 8.78. The van der Waals surface area contributed by atoms with Crippen molar-refractivity contribution in [1.29, 1.82) is 0 Å². The molecule has 2 rings (SSSR count). The Kier molecular flexibility index (Phi) is 3.34. The van der Waals surface area contributed by atoms with Crippen LogP contribution in [0.1, 0.15) is 12.6 Å². The Bertz CT molecular complexity index is 478. The number of rotatable bonds is 2. The van der Waals surface area contributed by atoms with Crippen LogP contribution in [-0.4, -0.2) is 38.6 Å². The Balaban J connectivity index is 2.30. The van der Waals surface area contributed by atoms with Gasteiger partial charge in [-0.15, -0.1) is 0 Å². The Hall–Kier alpha value is -1.15. The molecule has 94 valence electrons. The third kappa shape index (κ3) is 2.27. The van der Waals surface area contributed by atoms with Crippen LogP contribution in [0.25, 0.3) is 0 Å². The van der Waals surface area contributed by atoms with Gasteiger partial charge in [-0.05, 0) is 0 Å². The van der Waals surface area contributed by atoms with Crippen LogP contribution in [0.5, 0.6) is 0 Å². The fourth-order valence-electron chi connectivity index (χ4n) is 1.71. The van der Waals surface area contributed by atoms with Crippen molar-refractivity contribution < 1.29 is 14.9 Å². The van der Waals surface area contributed by atoms with Gasteiger partial charge >= 0.3 is 5.69 Å². The number of aromatic nitrogens is 2. The summed E-state index contributed by atoms with van der Waals surface area (Å²) in [5.41, 5.74) is 4.77. The number of ether oxygens (including phenoxy) is 1. The molecule has 0 saturated carbocycles. The van der Waals surface area contributed by atoms with E-state index in [0.29, 0.717) is 0 Å². The largest absolute Gasteiger partial charge is 0.394 e. The van der Waals surface area contributed by atoms with E-state index in [2.05, 4.69) is 4.98 Å². The molecule has 0 unspecified atom stereocenters. The number of aliphatic hydroxyl groups excluding tert-OH is 2. The predicted octanol–water partition coefficient (Wildman–Crippen LogP) is -0.880. The van der Waals surface area contributed by atoms with Gasteiger partial charge in [0.15, 0.2) is 0 Å². The minimum atomic E-state index is -0.826. The number of aliphatic hydroxyl groups is 2. The van der Waals surface area contributed by atoms with E-state index in [-0.39, 0.29) is 23.9 Å². The molecular weight excluding hydrogens is 250 g/mol. The summed E-state index contributed by atoms with van der Waals surface area (Å²) in [5, 5.41) is 18.6. The van der Waals surface area contributed by atoms with E-state index in [1.54, 1.807) is 0 Å². The molecule has 1 fully saturated rings. The second-order valence-electron chi connectivity index (χ2n) is 3.78. The lowest BCUT2D eigenvalue weighted by Crippen LogP contribution is -2.28. The van der Waals surface area contributed by atoms with Gasteiger partial charge in [0.05, 0.1) is 17.7 Å². The van der Waals surface area contributed by atoms with Gasteiger partial charge in [0.2, 0.25) is 0 Å². The molecule has 0 amide bonds. The van der Waals surface area contributed by atoms with E-state index in [1.165, 1.54) is 6.20 Å². The first kappa shape index (κ1) is 12.3. The van der Waals surface area contributed by atoms with Crippen LogP contribution in [0.15, 0.2) is 11.0 Å². The van der Waals surface area contributed by atoms with Crippen LogP contribution in [0.4, 0.5) is 5.82 Å². The smallest absolute Gasteiger partial charge is 0.351 e. The van der Waals surface area contributed by atoms with Gasteiger partial charge in [-0.1, -0.05) is 11.6 Å². The van der Waals surface area contributed by atoms with E-state index in [0.717, 1.165) is 4.57 Å². The molecule has 1 aromatic rings. The third-order valence-corrected chi connectivity index (χ3v) is 2.92. The Morgan fingerprint density at radius 2 is 2.41 bits per heavy atom. The molecule has 17 heavy (non-hydrogen) atoms. The Morgan fingerprint density at radius 1 is 1.71 bits per heavy atom. The van der Waals surface area contributed by atoms with Gasteiger partial charge in [0.25, 0.3) is 0 Å². The summed E-state index contributed by atoms with van der Waals surface area (Å²) in [6.45, 7) is -0.317. The fraction of sp³-hybridized carbons (Fsp3) is 0.556. The fourth-order valence-corrected chi connectivity index (χ4v) is 1.86. The van der Waals surface area contributed by atoms with Crippen LogP contribution >= 0.6 is 11.6 Å². The van der Waals surface area contributed by atoms with Crippen molar-refractivity contribution in [3.05, 3.63) is 21.7 Å². The first-order chi connectivity index (χ1) is 8.02. The maximum absolute atomic E-state index is 11.6. The quantitative estimate of drug-likeness (QED) is 0.638. The lowest BCUT2D eigenvalue weighted by atomic mass is 10.2. The number of hydrogen-bond acceptors (Lipinski definition) is 6. The first-order valence-corrected chi connectivity index (χ1v) is 5.39. The van der Waals surface area contributed by atoms with Crippen molar-refractivity contribution in [2.75, 3.05) is 12.3 Å². The highest BCUT2D eigenvalue weighted by atomic mass is 35.5. The van der Waals surface area contributed by atoms with Crippen molar-refractivity contribution in [2.45, 2.75) is 24.9 Å². The third-order valence-electron chi connectivity index (χ3n) is 2.63. The topological polar surface area (TPSA) is 111 Å². The molecule has 1 aliphatic rings. The van der Waals surface area contributed by atoms with E-state index in [1.807, 2.05) is 0 Å². The minimum Gasteiger partial charge on any atom is -0.394 e. The van der Waals surface area contributed by atoms with Crippen LogP contribution in [-0.2, 0) is 4.74 Å². The molecule has 7 nitrogen and oxygen atoms in total. The molecule has 0 radical (unpaired) electrons. The van der Waals surface area contributed by atoms with Gasteiger partial charge in [-0.3, -0.25) is 4.57 Å². The number of nitrogen functional groups attached to an aromatic ring is 1. The molecule has 3 atom stereocenters. The number of nitrogens with zero attached hydrogens (tertiary/aromatic N) is 2. The summed E-state index contributed by atoms with van der Waals surface area (Å²) in [7, 11) is 0. The second-order valence-corrected chi connectivity index (χ2v) is 4.19. The van der Waals surface area contributed by atoms with E-state index in [9.17, 15) is 9.90 Å². The molecule has 0 aromatic carbocycles. The second kappa shape index (κ2) is 4.61. The molecular formula is C9H12ClN3O4. The highest BCUT2D eigenvalue weighted by molar-refractivity contribution is 6.32. The van der Waals surface area contributed by atoms with Crippen LogP contribution in [0.2, 0.25) is 5.02 Å². The molecule has 0 bridgehead atoms. The van der Waals surface area contributed by atoms with Gasteiger partial charge in [-0.25, -0.2) is 4.79 Å². The summed E-state index contributed by atoms with van der Waals surface area (Å²) in [6.07, 6.45) is -0.729. The SMILES string of the molecule is Nc1nc(=O)n([C@@H]2C[C@H](O)[C@H](CO)O2)cc1Cl. The highest BCUT2D eigenvalue weighted by Gasteiger charge is 2.35. The summed E-state index contributed by atoms with van der Waals surface area (Å²) in [6, 6.07) is 0. The molecule has 2 heterocycles. The summed E-state index contributed by atoms with van der Waals surface area (Å²) in [4.78, 5) is 15.1. The van der Waals surface area contributed by atoms with Crippen LogP contribution < -0.4 is 11.4 Å². The zero-order chi connectivity index (χ0) is 12.6. The first-order valence-electron chi connectivity index (χ1n) is 5.01. The molecule has 1 aliphatic heterocycles. The zero-order valence-corrected chi connectivity index (χ0v) is 9.54. The van der Waals surface area contributed by atoms with Gasteiger partial charge < -0.3 is 20.7 Å². The van der Waals surface area contributed by atoms with E-state index >= 15 is 0 Å². The highest BCUT2D eigenvalue weighted by Crippen LogP contribution is 2.28. The number of halogens is 1. The van der Waals surface area contributed by atoms with Crippen molar-refractivity contribution in [2.24, 2.45) is 0 Å². The van der Waals surface area contributed by atoms with Crippen LogP contribution in [0, 0.1) is 0 Å². The van der Waals surface area contributed by atoms with Crippen molar-refractivity contribution in [3.8, 4) is 0 Å².